The maximum absolute atomic E-state index is 11.0. The van der Waals surface area contributed by atoms with Crippen molar-refractivity contribution in [2.24, 2.45) is 5.84 Å². The largest absolute Gasteiger partial charge is 0.354 e. The first-order chi connectivity index (χ1) is 9.11. The summed E-state index contributed by atoms with van der Waals surface area (Å²) in [6.07, 6.45) is 1.19. The van der Waals surface area contributed by atoms with Crippen LogP contribution < -0.4 is 16.6 Å². The SMILES string of the molecule is NNc1ncnc(Nc2ccc(I)cc2)c1[N+](=O)[O-]. The summed E-state index contributed by atoms with van der Waals surface area (Å²) >= 11 is 2.17. The lowest BCUT2D eigenvalue weighted by Crippen LogP contribution is -2.12. The van der Waals surface area contributed by atoms with E-state index in [4.69, 9.17) is 5.84 Å². The number of anilines is 3. The summed E-state index contributed by atoms with van der Waals surface area (Å²) in [6.45, 7) is 0. The van der Waals surface area contributed by atoms with E-state index in [0.717, 1.165) is 3.57 Å². The highest BCUT2D eigenvalue weighted by Gasteiger charge is 2.22. The van der Waals surface area contributed by atoms with Gasteiger partial charge in [-0.05, 0) is 46.9 Å². The number of nitrogen functional groups attached to an aromatic ring is 1. The third-order valence-corrected chi connectivity index (χ3v) is 2.97. The summed E-state index contributed by atoms with van der Waals surface area (Å²) in [5, 5.41) is 13.9. The molecule has 98 valence electrons. The van der Waals surface area contributed by atoms with E-state index in [9.17, 15) is 10.1 Å². The van der Waals surface area contributed by atoms with Gasteiger partial charge in [0.05, 0.1) is 4.92 Å². The molecule has 0 aliphatic carbocycles. The average Bonchev–Trinajstić information content (AvgIpc) is 2.40. The molecule has 0 aliphatic rings. The number of rotatable bonds is 4. The fourth-order valence-electron chi connectivity index (χ4n) is 1.42. The first kappa shape index (κ1) is 13.4. The fourth-order valence-corrected chi connectivity index (χ4v) is 1.78. The molecule has 4 N–H and O–H groups in total. The van der Waals surface area contributed by atoms with Gasteiger partial charge >= 0.3 is 5.69 Å². The summed E-state index contributed by atoms with van der Waals surface area (Å²) in [5.74, 6) is 5.23. The molecule has 0 saturated heterocycles. The molecule has 2 aromatic rings. The first-order valence-electron chi connectivity index (χ1n) is 5.10. The summed E-state index contributed by atoms with van der Waals surface area (Å²) in [4.78, 5) is 18.0. The summed E-state index contributed by atoms with van der Waals surface area (Å²) in [7, 11) is 0. The van der Waals surface area contributed by atoms with Crippen LogP contribution in [-0.2, 0) is 0 Å². The number of aromatic nitrogens is 2. The minimum atomic E-state index is -0.593. The highest BCUT2D eigenvalue weighted by Crippen LogP contribution is 2.30. The van der Waals surface area contributed by atoms with E-state index in [1.54, 1.807) is 12.1 Å². The molecule has 0 saturated carbocycles. The van der Waals surface area contributed by atoms with Crippen molar-refractivity contribution >= 4 is 45.6 Å². The van der Waals surface area contributed by atoms with Crippen molar-refractivity contribution in [3.63, 3.8) is 0 Å². The number of hydrazine groups is 1. The minimum absolute atomic E-state index is 0.0481. The van der Waals surface area contributed by atoms with Crippen molar-refractivity contribution in [2.75, 3.05) is 10.7 Å². The lowest BCUT2D eigenvalue weighted by molar-refractivity contribution is -0.383. The maximum Gasteiger partial charge on any atom is 0.354 e. The molecule has 19 heavy (non-hydrogen) atoms. The lowest BCUT2D eigenvalue weighted by Gasteiger charge is -2.08. The second kappa shape index (κ2) is 5.75. The van der Waals surface area contributed by atoms with Crippen LogP contribution in [0.4, 0.5) is 23.0 Å². The first-order valence-corrected chi connectivity index (χ1v) is 6.18. The van der Waals surface area contributed by atoms with Gasteiger partial charge in [-0.1, -0.05) is 0 Å². The van der Waals surface area contributed by atoms with Gasteiger partial charge in [0.15, 0.2) is 0 Å². The molecule has 0 bridgehead atoms. The van der Waals surface area contributed by atoms with Crippen molar-refractivity contribution in [3.05, 3.63) is 44.3 Å². The Bertz CT molecular complexity index is 603. The number of nitrogens with zero attached hydrogens (tertiary/aromatic N) is 3. The standard InChI is InChI=1S/C10H9IN6O2/c11-6-1-3-7(4-2-6)15-9-8(17(18)19)10(16-12)14-5-13-9/h1-5H,12H2,(H2,13,14,15,16). The molecule has 0 fully saturated rings. The number of hydrogen-bond donors (Lipinski definition) is 3. The topological polar surface area (TPSA) is 119 Å². The monoisotopic (exact) mass is 372 g/mol. The van der Waals surface area contributed by atoms with Crippen molar-refractivity contribution in [1.82, 2.24) is 9.97 Å². The van der Waals surface area contributed by atoms with Gasteiger partial charge in [0.2, 0.25) is 11.6 Å². The lowest BCUT2D eigenvalue weighted by atomic mass is 10.3. The maximum atomic E-state index is 11.0. The van der Waals surface area contributed by atoms with Crippen molar-refractivity contribution < 1.29 is 4.92 Å². The van der Waals surface area contributed by atoms with Crippen molar-refractivity contribution in [3.8, 4) is 0 Å². The van der Waals surface area contributed by atoms with Gasteiger partial charge in [0.25, 0.3) is 0 Å². The van der Waals surface area contributed by atoms with Crippen LogP contribution in [0.1, 0.15) is 0 Å². The fraction of sp³-hybridized carbons (Fsp3) is 0. The van der Waals surface area contributed by atoms with E-state index < -0.39 is 4.92 Å². The average molecular weight is 372 g/mol. The molecule has 1 aromatic carbocycles. The van der Waals surface area contributed by atoms with Crippen LogP contribution in [0.25, 0.3) is 0 Å². The Morgan fingerprint density at radius 1 is 1.21 bits per heavy atom. The van der Waals surface area contributed by atoms with E-state index in [1.807, 2.05) is 12.1 Å². The van der Waals surface area contributed by atoms with Gasteiger partial charge < -0.3 is 10.7 Å². The van der Waals surface area contributed by atoms with Gasteiger partial charge in [-0.2, -0.15) is 0 Å². The molecule has 1 heterocycles. The smallest absolute Gasteiger partial charge is 0.334 e. The molecule has 9 heteroatoms. The van der Waals surface area contributed by atoms with Crippen LogP contribution in [0.5, 0.6) is 0 Å². The minimum Gasteiger partial charge on any atom is -0.334 e. The van der Waals surface area contributed by atoms with E-state index in [2.05, 4.69) is 43.3 Å². The van der Waals surface area contributed by atoms with Gasteiger partial charge in [0, 0.05) is 9.26 Å². The van der Waals surface area contributed by atoms with Gasteiger partial charge in [-0.15, -0.1) is 0 Å². The van der Waals surface area contributed by atoms with Gasteiger partial charge in [0.1, 0.15) is 6.33 Å². The van der Waals surface area contributed by atoms with E-state index in [-0.39, 0.29) is 17.3 Å². The van der Waals surface area contributed by atoms with Crippen LogP contribution in [0, 0.1) is 13.7 Å². The molecule has 0 aliphatic heterocycles. The number of halogens is 1. The predicted octanol–water partition coefficient (Wildman–Crippen LogP) is 2.02. The van der Waals surface area contributed by atoms with Gasteiger partial charge in [-0.25, -0.2) is 15.8 Å². The van der Waals surface area contributed by atoms with E-state index in [1.165, 1.54) is 6.33 Å². The van der Waals surface area contributed by atoms with Crippen molar-refractivity contribution in [2.45, 2.75) is 0 Å². The molecule has 0 amide bonds. The quantitative estimate of drug-likeness (QED) is 0.325. The number of benzene rings is 1. The number of nitrogens with one attached hydrogen (secondary N) is 2. The van der Waals surface area contributed by atoms with Crippen LogP contribution in [0.3, 0.4) is 0 Å². The Morgan fingerprint density at radius 2 is 1.84 bits per heavy atom. The molecule has 0 unspecified atom stereocenters. The summed E-state index contributed by atoms with van der Waals surface area (Å²) in [5.41, 5.74) is 2.56. The third kappa shape index (κ3) is 3.06. The predicted molar refractivity (Wildman–Crippen MR) is 78.9 cm³/mol. The van der Waals surface area contributed by atoms with E-state index in [0.29, 0.717) is 5.69 Å². The normalized spacial score (nSPS) is 10.0. The van der Waals surface area contributed by atoms with E-state index >= 15 is 0 Å². The number of nitrogens with two attached hydrogens (primary N) is 1. The molecule has 1 aromatic heterocycles. The molecule has 0 radical (unpaired) electrons. The Kier molecular flexibility index (Phi) is 4.06. The molecule has 0 spiro atoms. The van der Waals surface area contributed by atoms with Crippen molar-refractivity contribution in [1.29, 1.82) is 0 Å². The molecular formula is C10H9IN6O2. The van der Waals surface area contributed by atoms with Crippen LogP contribution in [0.2, 0.25) is 0 Å². The van der Waals surface area contributed by atoms with Crippen LogP contribution >= 0.6 is 22.6 Å². The zero-order chi connectivity index (χ0) is 13.8. The van der Waals surface area contributed by atoms with Gasteiger partial charge in [-0.3, -0.25) is 10.1 Å². The molecular weight excluding hydrogens is 363 g/mol. The molecule has 2 rings (SSSR count). The Hall–Kier alpha value is -2.01. The summed E-state index contributed by atoms with van der Waals surface area (Å²) in [6, 6.07) is 7.34. The molecule has 0 atom stereocenters. The van der Waals surface area contributed by atoms with Crippen LogP contribution in [-0.4, -0.2) is 14.9 Å². The Morgan fingerprint density at radius 3 is 2.42 bits per heavy atom. The zero-order valence-corrected chi connectivity index (χ0v) is 11.7. The Balaban J connectivity index is 2.39. The Labute approximate surface area is 121 Å². The second-order valence-corrected chi connectivity index (χ2v) is 4.70. The highest BCUT2D eigenvalue weighted by atomic mass is 127. The zero-order valence-electron chi connectivity index (χ0n) is 9.50. The number of nitro groups is 1. The second-order valence-electron chi connectivity index (χ2n) is 3.45. The highest BCUT2D eigenvalue weighted by molar-refractivity contribution is 14.1. The molecule has 8 nitrogen and oxygen atoms in total. The summed E-state index contributed by atoms with van der Waals surface area (Å²) < 4.78 is 1.06. The van der Waals surface area contributed by atoms with Crippen LogP contribution in [0.15, 0.2) is 30.6 Å². The third-order valence-electron chi connectivity index (χ3n) is 2.25. The number of hydrogen-bond acceptors (Lipinski definition) is 7.